The number of pyridine rings is 1. The predicted octanol–water partition coefficient (Wildman–Crippen LogP) is 5.33. The fourth-order valence-corrected chi connectivity index (χ4v) is 3.50. The van der Waals surface area contributed by atoms with Gasteiger partial charge < -0.3 is 5.32 Å². The second kappa shape index (κ2) is 9.31. The summed E-state index contributed by atoms with van der Waals surface area (Å²) in [5.41, 5.74) is 4.85. The first kappa shape index (κ1) is 19.8. The summed E-state index contributed by atoms with van der Waals surface area (Å²) in [6, 6.07) is 24.7. The topological polar surface area (TPSA) is 42.0 Å². The fraction of sp³-hybridized carbons (Fsp3) is 0.154. The number of carbonyl (C=O) groups excluding carboxylic acids is 1. The molecular formula is C26H23FN2O. The predicted molar refractivity (Wildman–Crippen MR) is 119 cm³/mol. The van der Waals surface area contributed by atoms with Crippen molar-refractivity contribution in [2.24, 2.45) is 0 Å². The van der Waals surface area contributed by atoms with E-state index >= 15 is 0 Å². The lowest BCUT2D eigenvalue weighted by Gasteiger charge is -2.08. The Morgan fingerprint density at radius 2 is 1.70 bits per heavy atom. The molecule has 0 bridgehead atoms. The van der Waals surface area contributed by atoms with Crippen molar-refractivity contribution in [1.82, 2.24) is 10.3 Å². The molecule has 4 rings (SSSR count). The monoisotopic (exact) mass is 398 g/mol. The van der Waals surface area contributed by atoms with Crippen LogP contribution in [0.15, 0.2) is 85.1 Å². The molecule has 3 aromatic carbocycles. The van der Waals surface area contributed by atoms with Crippen LogP contribution in [-0.2, 0) is 17.6 Å². The van der Waals surface area contributed by atoms with Gasteiger partial charge in [0, 0.05) is 30.1 Å². The smallest absolute Gasteiger partial charge is 0.220 e. The first-order valence-corrected chi connectivity index (χ1v) is 10.1. The summed E-state index contributed by atoms with van der Waals surface area (Å²) < 4.78 is 13.5. The number of carbonyl (C=O) groups is 1. The van der Waals surface area contributed by atoms with E-state index in [1.54, 1.807) is 12.3 Å². The number of hydrogen-bond acceptors (Lipinski definition) is 2. The van der Waals surface area contributed by atoms with Crippen LogP contribution in [0.4, 0.5) is 4.39 Å². The average molecular weight is 398 g/mol. The van der Waals surface area contributed by atoms with Crippen LogP contribution in [0.3, 0.4) is 0 Å². The van der Waals surface area contributed by atoms with E-state index in [2.05, 4.69) is 28.5 Å². The number of nitrogens with one attached hydrogen (secondary N) is 1. The molecule has 1 aromatic heterocycles. The van der Waals surface area contributed by atoms with E-state index in [9.17, 15) is 9.18 Å². The number of rotatable bonds is 7. The molecular weight excluding hydrogens is 375 g/mol. The highest BCUT2D eigenvalue weighted by Gasteiger charge is 2.06. The summed E-state index contributed by atoms with van der Waals surface area (Å²) in [7, 11) is 0. The Morgan fingerprint density at radius 3 is 2.53 bits per heavy atom. The number of aryl methyl sites for hydroxylation is 1. The van der Waals surface area contributed by atoms with Gasteiger partial charge in [0.05, 0.1) is 5.52 Å². The Hall–Kier alpha value is -3.53. The maximum atomic E-state index is 13.5. The van der Waals surface area contributed by atoms with Crippen LogP contribution >= 0.6 is 0 Å². The highest BCUT2D eigenvalue weighted by molar-refractivity contribution is 5.84. The van der Waals surface area contributed by atoms with Crippen molar-refractivity contribution in [1.29, 1.82) is 0 Å². The van der Waals surface area contributed by atoms with E-state index in [4.69, 9.17) is 0 Å². The number of amides is 1. The zero-order valence-electron chi connectivity index (χ0n) is 16.6. The third kappa shape index (κ3) is 5.09. The molecule has 3 nitrogen and oxygen atoms in total. The van der Waals surface area contributed by atoms with Gasteiger partial charge in [-0.25, -0.2) is 4.39 Å². The molecule has 4 aromatic rings. The zero-order valence-corrected chi connectivity index (χ0v) is 16.6. The van der Waals surface area contributed by atoms with Crippen molar-refractivity contribution in [2.45, 2.75) is 19.3 Å². The first-order valence-electron chi connectivity index (χ1n) is 10.1. The number of aromatic nitrogens is 1. The molecule has 0 atom stereocenters. The number of fused-ring (bicyclic) bond motifs is 1. The summed E-state index contributed by atoms with van der Waals surface area (Å²) in [5.74, 6) is -0.211. The summed E-state index contributed by atoms with van der Waals surface area (Å²) in [6.45, 7) is 0.640. The van der Waals surface area contributed by atoms with E-state index in [0.717, 1.165) is 34.0 Å². The Kier molecular flexibility index (Phi) is 6.14. The third-order valence-corrected chi connectivity index (χ3v) is 5.12. The summed E-state index contributed by atoms with van der Waals surface area (Å²) in [4.78, 5) is 16.7. The minimum absolute atomic E-state index is 0.0534. The van der Waals surface area contributed by atoms with Gasteiger partial charge in [0.15, 0.2) is 0 Å². The van der Waals surface area contributed by atoms with E-state index in [-0.39, 0.29) is 11.7 Å². The van der Waals surface area contributed by atoms with Gasteiger partial charge in [0.2, 0.25) is 5.91 Å². The van der Waals surface area contributed by atoms with Crippen LogP contribution in [-0.4, -0.2) is 17.4 Å². The highest BCUT2D eigenvalue weighted by Crippen LogP contribution is 2.24. The molecule has 0 aliphatic carbocycles. The molecule has 150 valence electrons. The molecule has 0 radical (unpaired) electrons. The van der Waals surface area contributed by atoms with Crippen molar-refractivity contribution < 1.29 is 9.18 Å². The van der Waals surface area contributed by atoms with E-state index in [1.807, 2.05) is 42.5 Å². The molecule has 1 heterocycles. The molecule has 0 aliphatic rings. The van der Waals surface area contributed by atoms with Crippen LogP contribution in [0, 0.1) is 5.82 Å². The van der Waals surface area contributed by atoms with Gasteiger partial charge in [0.1, 0.15) is 5.82 Å². The maximum absolute atomic E-state index is 13.5. The van der Waals surface area contributed by atoms with Crippen molar-refractivity contribution in [3.8, 4) is 11.1 Å². The summed E-state index contributed by atoms with van der Waals surface area (Å²) >= 11 is 0. The molecule has 1 amide bonds. The second-order valence-corrected chi connectivity index (χ2v) is 7.35. The number of nitrogens with zero attached hydrogens (tertiary/aromatic N) is 1. The number of hydrogen-bond donors (Lipinski definition) is 1. The molecule has 1 N–H and O–H groups in total. The molecule has 0 unspecified atom stereocenters. The van der Waals surface area contributed by atoms with E-state index in [1.165, 1.54) is 17.7 Å². The minimum atomic E-state index is -0.264. The standard InChI is InChI=1S/C26H23FN2O/c27-24-8-4-7-21(17-24)23-16-22-15-20(9-11-25(22)29-18-23)10-12-26(30)28-14-13-19-5-2-1-3-6-19/h1-9,11,15-18H,10,12-14H2,(H,28,30). The van der Waals surface area contributed by atoms with Gasteiger partial charge in [-0.15, -0.1) is 0 Å². The molecule has 0 aliphatic heterocycles. The van der Waals surface area contributed by atoms with Crippen LogP contribution in [0.1, 0.15) is 17.5 Å². The molecule has 0 spiro atoms. The van der Waals surface area contributed by atoms with Gasteiger partial charge in [-0.2, -0.15) is 0 Å². The third-order valence-electron chi connectivity index (χ3n) is 5.12. The number of benzene rings is 3. The normalized spacial score (nSPS) is 10.8. The summed E-state index contributed by atoms with van der Waals surface area (Å²) in [5, 5.41) is 3.97. The molecule has 0 fully saturated rings. The Bertz CT molecular complexity index is 1160. The average Bonchev–Trinajstić information content (AvgIpc) is 2.78. The van der Waals surface area contributed by atoms with Crippen LogP contribution < -0.4 is 5.32 Å². The highest BCUT2D eigenvalue weighted by atomic mass is 19.1. The van der Waals surface area contributed by atoms with Gasteiger partial charge in [-0.05, 0) is 59.9 Å². The van der Waals surface area contributed by atoms with Gasteiger partial charge in [-0.3, -0.25) is 9.78 Å². The van der Waals surface area contributed by atoms with Crippen LogP contribution in [0.2, 0.25) is 0 Å². The van der Waals surface area contributed by atoms with Crippen molar-refractivity contribution in [3.05, 3.63) is 102 Å². The second-order valence-electron chi connectivity index (χ2n) is 7.35. The maximum Gasteiger partial charge on any atom is 0.220 e. The van der Waals surface area contributed by atoms with E-state index in [0.29, 0.717) is 19.4 Å². The lowest BCUT2D eigenvalue weighted by Crippen LogP contribution is -2.25. The van der Waals surface area contributed by atoms with E-state index < -0.39 is 0 Å². The SMILES string of the molecule is O=C(CCc1ccc2ncc(-c3cccc(F)c3)cc2c1)NCCc1ccccc1. The first-order chi connectivity index (χ1) is 14.7. The van der Waals surface area contributed by atoms with Crippen molar-refractivity contribution >= 4 is 16.8 Å². The lowest BCUT2D eigenvalue weighted by molar-refractivity contribution is -0.121. The van der Waals surface area contributed by atoms with Gasteiger partial charge >= 0.3 is 0 Å². The fourth-order valence-electron chi connectivity index (χ4n) is 3.50. The van der Waals surface area contributed by atoms with Gasteiger partial charge in [-0.1, -0.05) is 48.5 Å². The van der Waals surface area contributed by atoms with Crippen molar-refractivity contribution in [2.75, 3.05) is 6.54 Å². The molecule has 0 saturated carbocycles. The number of halogens is 1. The summed E-state index contributed by atoms with van der Waals surface area (Å²) in [6.07, 6.45) is 3.70. The molecule has 0 saturated heterocycles. The lowest BCUT2D eigenvalue weighted by atomic mass is 10.0. The Balaban J connectivity index is 1.37. The Labute approximate surface area is 175 Å². The minimum Gasteiger partial charge on any atom is -0.356 e. The van der Waals surface area contributed by atoms with Crippen LogP contribution in [0.5, 0.6) is 0 Å². The molecule has 4 heteroatoms. The van der Waals surface area contributed by atoms with Crippen molar-refractivity contribution in [3.63, 3.8) is 0 Å². The Morgan fingerprint density at radius 1 is 0.833 bits per heavy atom. The largest absolute Gasteiger partial charge is 0.356 e. The quantitative estimate of drug-likeness (QED) is 0.457. The van der Waals surface area contributed by atoms with Gasteiger partial charge in [0.25, 0.3) is 0 Å². The zero-order chi connectivity index (χ0) is 20.8. The molecule has 30 heavy (non-hydrogen) atoms. The van der Waals surface area contributed by atoms with Crippen LogP contribution in [0.25, 0.3) is 22.0 Å².